The van der Waals surface area contributed by atoms with E-state index >= 15 is 0 Å². The molecule has 1 saturated heterocycles. The molecule has 0 aromatic heterocycles. The Hall–Kier alpha value is -0.160. The van der Waals surface area contributed by atoms with E-state index in [2.05, 4.69) is 5.32 Å². The summed E-state index contributed by atoms with van der Waals surface area (Å²) in [4.78, 5) is 0. The summed E-state index contributed by atoms with van der Waals surface area (Å²) >= 11 is 0. The number of piperidine rings is 1. The van der Waals surface area contributed by atoms with Crippen molar-refractivity contribution in [2.75, 3.05) is 19.7 Å². The number of rotatable bonds is 1. The van der Waals surface area contributed by atoms with Gasteiger partial charge in [-0.05, 0) is 13.0 Å². The van der Waals surface area contributed by atoms with Crippen molar-refractivity contribution in [3.8, 4) is 0 Å². The van der Waals surface area contributed by atoms with Crippen molar-refractivity contribution in [1.82, 2.24) is 5.32 Å². The Kier molecular flexibility index (Phi) is 2.25. The van der Waals surface area contributed by atoms with Gasteiger partial charge in [-0.1, -0.05) is 0 Å². The zero-order valence-electron chi connectivity index (χ0n) is 5.75. The number of aliphatic hydroxyl groups is 3. The molecule has 0 saturated carbocycles. The lowest BCUT2D eigenvalue weighted by atomic mass is 9.91. The predicted molar refractivity (Wildman–Crippen MR) is 35.5 cm³/mol. The van der Waals surface area contributed by atoms with Gasteiger partial charge in [-0.15, -0.1) is 0 Å². The molecule has 1 fully saturated rings. The zero-order chi connectivity index (χ0) is 7.61. The molecular weight excluding hydrogens is 134 g/mol. The molecule has 0 aromatic rings. The van der Waals surface area contributed by atoms with Crippen molar-refractivity contribution in [2.45, 2.75) is 18.1 Å². The van der Waals surface area contributed by atoms with Gasteiger partial charge in [0.1, 0.15) is 5.60 Å². The smallest absolute Gasteiger partial charge is 0.116 e. The number of β-amino-alcohol motifs (C(OH)–C–C–N with tert-alkyl or cyclic N) is 1. The Balaban J connectivity index is 2.54. The van der Waals surface area contributed by atoms with Crippen molar-refractivity contribution < 1.29 is 15.3 Å². The van der Waals surface area contributed by atoms with E-state index in [1.807, 2.05) is 0 Å². The van der Waals surface area contributed by atoms with Crippen LogP contribution >= 0.6 is 0 Å². The fourth-order valence-electron chi connectivity index (χ4n) is 1.08. The molecule has 0 unspecified atom stereocenters. The third kappa shape index (κ3) is 1.29. The molecule has 0 radical (unpaired) electrons. The van der Waals surface area contributed by atoms with Crippen LogP contribution in [-0.4, -0.2) is 46.7 Å². The fraction of sp³-hybridized carbons (Fsp3) is 1.00. The van der Waals surface area contributed by atoms with Crippen LogP contribution in [0.3, 0.4) is 0 Å². The predicted octanol–water partition coefficient (Wildman–Crippen LogP) is -1.94. The highest BCUT2D eigenvalue weighted by molar-refractivity contribution is 4.91. The number of hydrogen-bond donors (Lipinski definition) is 4. The highest BCUT2D eigenvalue weighted by Crippen LogP contribution is 2.16. The average Bonchev–Trinajstić information content (AvgIpc) is 1.96. The molecule has 4 heteroatoms. The molecule has 2 atom stereocenters. The quantitative estimate of drug-likeness (QED) is 0.348. The van der Waals surface area contributed by atoms with Crippen molar-refractivity contribution in [3.63, 3.8) is 0 Å². The third-order valence-electron chi connectivity index (χ3n) is 1.97. The summed E-state index contributed by atoms with van der Waals surface area (Å²) in [6, 6.07) is 0. The summed E-state index contributed by atoms with van der Waals surface area (Å²) in [5.74, 6) is 0. The van der Waals surface area contributed by atoms with Crippen molar-refractivity contribution in [2.24, 2.45) is 0 Å². The molecule has 10 heavy (non-hydrogen) atoms. The summed E-state index contributed by atoms with van der Waals surface area (Å²) < 4.78 is 0. The maximum absolute atomic E-state index is 9.41. The summed E-state index contributed by atoms with van der Waals surface area (Å²) in [5.41, 5.74) is -1.27. The van der Waals surface area contributed by atoms with Gasteiger partial charge in [0.2, 0.25) is 0 Å². The van der Waals surface area contributed by atoms with Crippen molar-refractivity contribution in [1.29, 1.82) is 0 Å². The van der Waals surface area contributed by atoms with E-state index in [1.54, 1.807) is 0 Å². The summed E-state index contributed by atoms with van der Waals surface area (Å²) in [6.07, 6.45) is -0.434. The van der Waals surface area contributed by atoms with Crippen molar-refractivity contribution >= 4 is 0 Å². The molecule has 0 aliphatic carbocycles. The molecule has 0 aromatic carbocycles. The van der Waals surface area contributed by atoms with E-state index in [-0.39, 0.29) is 6.61 Å². The molecule has 1 aliphatic rings. The van der Waals surface area contributed by atoms with Crippen LogP contribution in [0.4, 0.5) is 0 Å². The van der Waals surface area contributed by atoms with Gasteiger partial charge in [-0.3, -0.25) is 0 Å². The van der Waals surface area contributed by atoms with Crippen LogP contribution in [0.2, 0.25) is 0 Å². The Morgan fingerprint density at radius 1 is 1.60 bits per heavy atom. The number of nitrogens with one attached hydrogen (secondary N) is 1. The maximum Gasteiger partial charge on any atom is 0.116 e. The second-order valence-corrected chi connectivity index (χ2v) is 2.73. The largest absolute Gasteiger partial charge is 0.393 e. The molecule has 1 heterocycles. The van der Waals surface area contributed by atoms with Gasteiger partial charge in [0, 0.05) is 6.54 Å². The first-order valence-corrected chi connectivity index (χ1v) is 3.41. The SMILES string of the molecule is OC[C@@]1(O)CCNC[C@H]1O. The zero-order valence-corrected chi connectivity index (χ0v) is 5.75. The van der Waals surface area contributed by atoms with Gasteiger partial charge in [-0.2, -0.15) is 0 Å². The standard InChI is InChI=1S/C6H13NO3/c8-4-6(10)1-2-7-3-5(6)9/h5,7-10H,1-4H2/t5-,6+/m1/s1. The van der Waals surface area contributed by atoms with Gasteiger partial charge in [0.25, 0.3) is 0 Å². The van der Waals surface area contributed by atoms with Crippen LogP contribution in [0.1, 0.15) is 6.42 Å². The minimum atomic E-state index is -1.27. The minimum Gasteiger partial charge on any atom is -0.393 e. The minimum absolute atomic E-state index is 0.358. The lowest BCUT2D eigenvalue weighted by Crippen LogP contribution is -2.56. The molecule has 0 amide bonds. The Labute approximate surface area is 59.5 Å². The van der Waals surface area contributed by atoms with E-state index in [0.29, 0.717) is 19.5 Å². The normalized spacial score (nSPS) is 41.7. The summed E-state index contributed by atoms with van der Waals surface area (Å²) in [6.45, 7) is 0.640. The first kappa shape index (κ1) is 7.94. The van der Waals surface area contributed by atoms with Crippen LogP contribution in [0.25, 0.3) is 0 Å². The molecule has 0 spiro atoms. The lowest BCUT2D eigenvalue weighted by molar-refractivity contribution is -0.119. The van der Waals surface area contributed by atoms with Gasteiger partial charge in [0.15, 0.2) is 0 Å². The first-order chi connectivity index (χ1) is 4.69. The average molecular weight is 147 g/mol. The highest BCUT2D eigenvalue weighted by Gasteiger charge is 2.36. The molecule has 4 N–H and O–H groups in total. The van der Waals surface area contributed by atoms with Crippen LogP contribution in [0.5, 0.6) is 0 Å². The van der Waals surface area contributed by atoms with Gasteiger partial charge < -0.3 is 20.6 Å². The topological polar surface area (TPSA) is 72.7 Å². The van der Waals surface area contributed by atoms with Crippen LogP contribution in [0, 0.1) is 0 Å². The summed E-state index contributed by atoms with van der Waals surface area (Å²) in [7, 11) is 0. The highest BCUT2D eigenvalue weighted by atomic mass is 16.4. The first-order valence-electron chi connectivity index (χ1n) is 3.41. The Bertz CT molecular complexity index is 120. The van der Waals surface area contributed by atoms with E-state index in [0.717, 1.165) is 0 Å². The maximum atomic E-state index is 9.41. The molecular formula is C6H13NO3. The van der Waals surface area contributed by atoms with E-state index < -0.39 is 11.7 Å². The van der Waals surface area contributed by atoms with E-state index in [4.69, 9.17) is 10.2 Å². The third-order valence-corrected chi connectivity index (χ3v) is 1.97. The van der Waals surface area contributed by atoms with Crippen LogP contribution in [0.15, 0.2) is 0 Å². The van der Waals surface area contributed by atoms with Crippen LogP contribution in [-0.2, 0) is 0 Å². The van der Waals surface area contributed by atoms with Gasteiger partial charge in [0.05, 0.1) is 12.7 Å². The van der Waals surface area contributed by atoms with E-state index in [9.17, 15) is 5.11 Å². The van der Waals surface area contributed by atoms with Crippen LogP contribution < -0.4 is 5.32 Å². The molecule has 60 valence electrons. The molecule has 4 nitrogen and oxygen atoms in total. The molecule has 1 rings (SSSR count). The lowest BCUT2D eigenvalue weighted by Gasteiger charge is -2.35. The number of aliphatic hydroxyl groups excluding tert-OH is 2. The second-order valence-electron chi connectivity index (χ2n) is 2.73. The fourth-order valence-corrected chi connectivity index (χ4v) is 1.08. The van der Waals surface area contributed by atoms with Crippen molar-refractivity contribution in [3.05, 3.63) is 0 Å². The summed E-state index contributed by atoms with van der Waals surface area (Å²) in [5, 5.41) is 30.2. The van der Waals surface area contributed by atoms with Gasteiger partial charge >= 0.3 is 0 Å². The Morgan fingerprint density at radius 2 is 2.30 bits per heavy atom. The van der Waals surface area contributed by atoms with Gasteiger partial charge in [-0.25, -0.2) is 0 Å². The number of hydrogen-bond acceptors (Lipinski definition) is 4. The monoisotopic (exact) mass is 147 g/mol. The Morgan fingerprint density at radius 3 is 2.70 bits per heavy atom. The second kappa shape index (κ2) is 2.84. The van der Waals surface area contributed by atoms with E-state index in [1.165, 1.54) is 0 Å². The molecule has 0 bridgehead atoms. The molecule has 1 aliphatic heterocycles.